The zero-order chi connectivity index (χ0) is 23.7. The minimum absolute atomic E-state index is 0.00190. The third kappa shape index (κ3) is 7.09. The van der Waals surface area contributed by atoms with E-state index in [-0.39, 0.29) is 17.1 Å². The third-order valence-corrected chi connectivity index (χ3v) is 5.01. The molecule has 4 nitrogen and oxygen atoms in total. The van der Waals surface area contributed by atoms with Gasteiger partial charge in [0.1, 0.15) is 12.4 Å². The molecule has 0 N–H and O–H groups in total. The summed E-state index contributed by atoms with van der Waals surface area (Å²) < 4.78 is 5.82. The Morgan fingerprint density at radius 2 is 1.59 bits per heavy atom. The second-order valence-corrected chi connectivity index (χ2v) is 8.93. The van der Waals surface area contributed by atoms with Gasteiger partial charge in [0.2, 0.25) is 0 Å². The van der Waals surface area contributed by atoms with Crippen molar-refractivity contribution in [2.24, 2.45) is 10.4 Å². The Morgan fingerprint density at radius 3 is 2.06 bits per heavy atom. The molecular formula is C28H34N2O2. The first-order valence-electron chi connectivity index (χ1n) is 10.7. The molecule has 32 heavy (non-hydrogen) atoms. The van der Waals surface area contributed by atoms with Crippen LogP contribution in [0.3, 0.4) is 0 Å². The summed E-state index contributed by atoms with van der Waals surface area (Å²) in [5.74, 6) is 0.940. The van der Waals surface area contributed by atoms with E-state index in [1.165, 1.54) is 17.3 Å². The molecule has 0 saturated carbocycles. The standard InChI is InChI=1S/C28H34N2O2/c1-8-24(29-9-2)20-32-25-16-14-23(15-17-25)27(28(3,4)5)22-12-10-21(11-13-22)26(31)18-19-30(6)7/h8-19,27H,1-2,20H2,3-7H3/b19-18+,29-24?. The molecule has 4 heteroatoms. The van der Waals surface area contributed by atoms with E-state index in [0.717, 1.165) is 11.5 Å². The van der Waals surface area contributed by atoms with Gasteiger partial charge in [-0.2, -0.15) is 0 Å². The topological polar surface area (TPSA) is 41.9 Å². The second kappa shape index (κ2) is 11.3. The number of aliphatic imine (C=N–C) groups is 1. The Labute approximate surface area is 192 Å². The highest BCUT2D eigenvalue weighted by atomic mass is 16.5. The van der Waals surface area contributed by atoms with Crippen LogP contribution in [0.4, 0.5) is 0 Å². The summed E-state index contributed by atoms with van der Waals surface area (Å²) in [7, 11) is 3.79. The van der Waals surface area contributed by atoms with Gasteiger partial charge < -0.3 is 9.64 Å². The lowest BCUT2D eigenvalue weighted by Crippen LogP contribution is -2.20. The van der Waals surface area contributed by atoms with Crippen LogP contribution in [0.1, 0.15) is 48.2 Å². The van der Waals surface area contributed by atoms with Crippen molar-refractivity contribution in [3.8, 4) is 5.75 Å². The Hall–Kier alpha value is -3.40. The monoisotopic (exact) mass is 430 g/mol. The Morgan fingerprint density at radius 1 is 1.03 bits per heavy atom. The van der Waals surface area contributed by atoms with Crippen molar-refractivity contribution in [1.29, 1.82) is 0 Å². The van der Waals surface area contributed by atoms with Crippen molar-refractivity contribution < 1.29 is 9.53 Å². The summed E-state index contributed by atoms with van der Waals surface area (Å²) in [6, 6.07) is 16.1. The van der Waals surface area contributed by atoms with E-state index in [9.17, 15) is 4.79 Å². The number of allylic oxidation sites excluding steroid dienone is 1. The number of rotatable bonds is 10. The maximum absolute atomic E-state index is 12.4. The minimum Gasteiger partial charge on any atom is -0.487 e. The highest BCUT2D eigenvalue weighted by Crippen LogP contribution is 2.41. The molecule has 0 spiro atoms. The smallest absolute Gasteiger partial charge is 0.187 e. The van der Waals surface area contributed by atoms with Gasteiger partial charge in [-0.15, -0.1) is 0 Å². The van der Waals surface area contributed by atoms with Crippen LogP contribution in [0.15, 0.2) is 91.2 Å². The molecule has 1 atom stereocenters. The quantitative estimate of drug-likeness (QED) is 0.253. The Balaban J connectivity index is 2.24. The number of ether oxygens (including phenoxy) is 1. The molecule has 0 radical (unpaired) electrons. The molecule has 0 aliphatic carbocycles. The summed E-state index contributed by atoms with van der Waals surface area (Å²) in [6.07, 6.45) is 6.50. The zero-order valence-electron chi connectivity index (χ0n) is 19.8. The van der Waals surface area contributed by atoms with Crippen LogP contribution in [0.2, 0.25) is 0 Å². The van der Waals surface area contributed by atoms with E-state index in [2.05, 4.69) is 63.2 Å². The molecule has 2 rings (SSSR count). The van der Waals surface area contributed by atoms with Crippen LogP contribution < -0.4 is 4.74 Å². The van der Waals surface area contributed by atoms with E-state index < -0.39 is 0 Å². The van der Waals surface area contributed by atoms with E-state index in [0.29, 0.717) is 12.2 Å². The van der Waals surface area contributed by atoms with E-state index in [1.807, 2.05) is 43.3 Å². The molecule has 168 valence electrons. The fourth-order valence-electron chi connectivity index (χ4n) is 3.53. The summed E-state index contributed by atoms with van der Waals surface area (Å²) in [5, 5.41) is 0. The van der Waals surface area contributed by atoms with Gasteiger partial charge in [-0.1, -0.05) is 70.3 Å². The lowest BCUT2D eigenvalue weighted by atomic mass is 9.72. The summed E-state index contributed by atoms with van der Waals surface area (Å²) in [4.78, 5) is 18.3. The molecule has 2 aromatic rings. The second-order valence-electron chi connectivity index (χ2n) is 8.93. The summed E-state index contributed by atoms with van der Waals surface area (Å²) in [6.45, 7) is 14.4. The number of hydrogen-bond donors (Lipinski definition) is 0. The van der Waals surface area contributed by atoms with Crippen LogP contribution in [0.5, 0.6) is 5.75 Å². The molecule has 2 aromatic carbocycles. The Bertz CT molecular complexity index is 976. The zero-order valence-corrected chi connectivity index (χ0v) is 19.8. The SMILES string of the molecule is C=CN=C(C=C)COc1ccc(C(c2ccc(C(=O)/C=C/N(C)C)cc2)C(C)(C)C)cc1. The molecule has 0 aliphatic rings. The van der Waals surface area contributed by atoms with Crippen LogP contribution in [-0.4, -0.2) is 37.1 Å². The van der Waals surface area contributed by atoms with Gasteiger partial charge in [0.25, 0.3) is 0 Å². The van der Waals surface area contributed by atoms with Gasteiger partial charge >= 0.3 is 0 Å². The number of hydrogen-bond acceptors (Lipinski definition) is 4. The van der Waals surface area contributed by atoms with Gasteiger partial charge in [0, 0.05) is 44.1 Å². The molecule has 0 aliphatic heterocycles. The van der Waals surface area contributed by atoms with Crippen LogP contribution in [-0.2, 0) is 0 Å². The fraction of sp³-hybridized carbons (Fsp3) is 0.286. The molecule has 0 fully saturated rings. The van der Waals surface area contributed by atoms with Crippen molar-refractivity contribution in [2.75, 3.05) is 20.7 Å². The summed E-state index contributed by atoms with van der Waals surface area (Å²) in [5.41, 5.74) is 3.77. The van der Waals surface area contributed by atoms with E-state index >= 15 is 0 Å². The first-order valence-corrected chi connectivity index (χ1v) is 10.7. The van der Waals surface area contributed by atoms with Crippen molar-refractivity contribution in [3.63, 3.8) is 0 Å². The molecule has 0 aromatic heterocycles. The molecular weight excluding hydrogens is 396 g/mol. The number of benzene rings is 2. The summed E-state index contributed by atoms with van der Waals surface area (Å²) >= 11 is 0. The highest BCUT2D eigenvalue weighted by Gasteiger charge is 2.28. The average molecular weight is 431 g/mol. The van der Waals surface area contributed by atoms with Crippen molar-refractivity contribution in [3.05, 3.63) is 103 Å². The van der Waals surface area contributed by atoms with Crippen molar-refractivity contribution >= 4 is 11.5 Å². The predicted octanol–water partition coefficient (Wildman–Crippen LogP) is 6.27. The van der Waals surface area contributed by atoms with Crippen molar-refractivity contribution in [1.82, 2.24) is 4.90 Å². The van der Waals surface area contributed by atoms with Crippen LogP contribution in [0, 0.1) is 5.41 Å². The van der Waals surface area contributed by atoms with E-state index in [1.54, 1.807) is 18.4 Å². The minimum atomic E-state index is -0.00858. The lowest BCUT2D eigenvalue weighted by molar-refractivity contribution is 0.104. The highest BCUT2D eigenvalue weighted by molar-refractivity contribution is 6.04. The van der Waals surface area contributed by atoms with Crippen LogP contribution in [0.25, 0.3) is 0 Å². The molecule has 0 amide bonds. The molecule has 1 unspecified atom stereocenters. The van der Waals surface area contributed by atoms with Gasteiger partial charge in [-0.05, 0) is 34.8 Å². The predicted molar refractivity (Wildman–Crippen MR) is 135 cm³/mol. The third-order valence-electron chi connectivity index (χ3n) is 5.01. The number of carbonyl (C=O) groups excluding carboxylic acids is 1. The van der Waals surface area contributed by atoms with E-state index in [4.69, 9.17) is 4.74 Å². The van der Waals surface area contributed by atoms with Crippen LogP contribution >= 0.6 is 0 Å². The number of carbonyl (C=O) groups is 1. The van der Waals surface area contributed by atoms with Gasteiger partial charge in [-0.3, -0.25) is 9.79 Å². The maximum atomic E-state index is 12.4. The number of nitrogens with zero attached hydrogens (tertiary/aromatic N) is 2. The number of ketones is 1. The fourth-order valence-corrected chi connectivity index (χ4v) is 3.53. The maximum Gasteiger partial charge on any atom is 0.187 e. The molecule has 0 bridgehead atoms. The van der Waals surface area contributed by atoms with Gasteiger partial charge in [-0.25, -0.2) is 0 Å². The first-order chi connectivity index (χ1) is 15.2. The Kier molecular flexibility index (Phi) is 8.77. The van der Waals surface area contributed by atoms with Gasteiger partial charge in [0.15, 0.2) is 5.78 Å². The molecule has 0 saturated heterocycles. The average Bonchev–Trinajstić information content (AvgIpc) is 2.75. The molecule has 0 heterocycles. The first kappa shape index (κ1) is 24.9. The largest absolute Gasteiger partial charge is 0.487 e. The lowest BCUT2D eigenvalue weighted by Gasteiger charge is -2.32. The normalized spacial score (nSPS) is 13.0. The van der Waals surface area contributed by atoms with Crippen molar-refractivity contribution in [2.45, 2.75) is 26.7 Å². The van der Waals surface area contributed by atoms with Gasteiger partial charge in [0.05, 0.1) is 5.71 Å².